The summed E-state index contributed by atoms with van der Waals surface area (Å²) in [5.74, 6) is 2.31. The number of guanidine groups is 1. The fraction of sp³-hybridized carbons (Fsp3) is 0.944. The van der Waals surface area contributed by atoms with Gasteiger partial charge in [0, 0.05) is 33.4 Å². The second-order valence-corrected chi connectivity index (χ2v) is 6.99. The summed E-state index contributed by atoms with van der Waals surface area (Å²) in [4.78, 5) is 6.89. The van der Waals surface area contributed by atoms with E-state index in [2.05, 4.69) is 41.3 Å². The van der Waals surface area contributed by atoms with Crippen LogP contribution in [0, 0.1) is 11.8 Å². The summed E-state index contributed by atoms with van der Waals surface area (Å²) in [6.07, 6.45) is 4.88. The lowest BCUT2D eigenvalue weighted by Crippen LogP contribution is -2.43. The lowest BCUT2D eigenvalue weighted by molar-refractivity contribution is 0.108. The van der Waals surface area contributed by atoms with Gasteiger partial charge in [0.05, 0.1) is 0 Å². The van der Waals surface area contributed by atoms with Crippen molar-refractivity contribution in [1.29, 1.82) is 0 Å². The highest BCUT2D eigenvalue weighted by Gasteiger charge is 2.18. The average molecular weight is 327 g/mol. The molecule has 0 aromatic carbocycles. The fourth-order valence-electron chi connectivity index (χ4n) is 2.89. The van der Waals surface area contributed by atoms with E-state index >= 15 is 0 Å². The number of nitrogens with zero attached hydrogens (tertiary/aromatic N) is 2. The average Bonchev–Trinajstić information content (AvgIpc) is 2.55. The number of nitrogens with one attached hydrogen (secondary N) is 2. The molecular weight excluding hydrogens is 288 g/mol. The largest absolute Gasteiger partial charge is 0.381 e. The molecule has 1 aliphatic rings. The molecule has 0 unspecified atom stereocenters. The first kappa shape index (κ1) is 20.2. The molecule has 5 heteroatoms. The van der Waals surface area contributed by atoms with Crippen molar-refractivity contribution < 1.29 is 4.74 Å². The van der Waals surface area contributed by atoms with Gasteiger partial charge >= 0.3 is 0 Å². The monoisotopic (exact) mass is 326 g/mol. The minimum atomic E-state index is 0.612. The van der Waals surface area contributed by atoms with Gasteiger partial charge in [0.2, 0.25) is 0 Å². The van der Waals surface area contributed by atoms with E-state index in [0.717, 1.165) is 44.6 Å². The molecule has 1 heterocycles. The molecule has 1 rings (SSSR count). The Balaban J connectivity index is 2.06. The summed E-state index contributed by atoms with van der Waals surface area (Å²) in [7, 11) is 1.84. The smallest absolute Gasteiger partial charge is 0.190 e. The maximum Gasteiger partial charge on any atom is 0.190 e. The molecule has 2 N–H and O–H groups in total. The highest BCUT2D eigenvalue weighted by molar-refractivity contribution is 5.79. The normalized spacial score (nSPS) is 17.7. The van der Waals surface area contributed by atoms with Gasteiger partial charge in [0.15, 0.2) is 5.96 Å². The zero-order chi connectivity index (χ0) is 16.9. The molecule has 1 saturated heterocycles. The Kier molecular flexibility index (Phi) is 11.1. The molecule has 0 saturated carbocycles. The maximum atomic E-state index is 5.59. The third kappa shape index (κ3) is 9.82. The van der Waals surface area contributed by atoms with Gasteiger partial charge in [-0.3, -0.25) is 4.99 Å². The number of likely N-dealkylation sites (tertiary alicyclic amines) is 1. The van der Waals surface area contributed by atoms with Crippen molar-refractivity contribution in [2.24, 2.45) is 16.8 Å². The Morgan fingerprint density at radius 2 is 2.00 bits per heavy atom. The number of piperidine rings is 1. The van der Waals surface area contributed by atoms with Crippen molar-refractivity contribution in [2.75, 3.05) is 53.0 Å². The van der Waals surface area contributed by atoms with Crippen molar-refractivity contribution in [2.45, 2.75) is 46.5 Å². The number of rotatable bonds is 10. The third-order valence-electron chi connectivity index (χ3n) is 4.24. The van der Waals surface area contributed by atoms with Gasteiger partial charge in [-0.25, -0.2) is 0 Å². The van der Waals surface area contributed by atoms with Crippen molar-refractivity contribution >= 4 is 5.96 Å². The molecule has 1 aliphatic heterocycles. The molecule has 0 aliphatic carbocycles. The summed E-state index contributed by atoms with van der Waals surface area (Å²) >= 11 is 0. The molecule has 0 bridgehead atoms. The van der Waals surface area contributed by atoms with Crippen LogP contribution in [0.2, 0.25) is 0 Å². The van der Waals surface area contributed by atoms with E-state index in [1.54, 1.807) is 0 Å². The highest BCUT2D eigenvalue weighted by atomic mass is 16.5. The van der Waals surface area contributed by atoms with Gasteiger partial charge in [-0.2, -0.15) is 0 Å². The predicted octanol–water partition coefficient (Wildman–Crippen LogP) is 2.34. The predicted molar refractivity (Wildman–Crippen MR) is 99.1 cm³/mol. The van der Waals surface area contributed by atoms with Crippen molar-refractivity contribution in [3.63, 3.8) is 0 Å². The summed E-state index contributed by atoms with van der Waals surface area (Å²) in [5.41, 5.74) is 0. The quantitative estimate of drug-likeness (QED) is 0.367. The molecule has 0 radical (unpaired) electrons. The van der Waals surface area contributed by atoms with Crippen LogP contribution in [0.5, 0.6) is 0 Å². The fourth-order valence-corrected chi connectivity index (χ4v) is 2.89. The SMILES string of the molecule is CCCN1CCC(CNC(=NC)NCCCOCC(C)C)CC1. The van der Waals surface area contributed by atoms with Crippen LogP contribution in [0.1, 0.15) is 46.5 Å². The molecule has 0 atom stereocenters. The van der Waals surface area contributed by atoms with E-state index in [-0.39, 0.29) is 0 Å². The number of hydrogen-bond acceptors (Lipinski definition) is 3. The lowest BCUT2D eigenvalue weighted by Gasteiger charge is -2.32. The van der Waals surface area contributed by atoms with Gasteiger partial charge in [-0.15, -0.1) is 0 Å². The lowest BCUT2D eigenvalue weighted by atomic mass is 9.97. The van der Waals surface area contributed by atoms with Gasteiger partial charge in [-0.05, 0) is 57.2 Å². The standard InChI is InChI=1S/C18H38N4O/c1-5-10-22-11-7-17(8-12-22)14-21-18(19-4)20-9-6-13-23-15-16(2)3/h16-17H,5-15H2,1-4H3,(H2,19,20,21). The summed E-state index contributed by atoms with van der Waals surface area (Å²) in [6, 6.07) is 0. The van der Waals surface area contributed by atoms with Crippen LogP contribution in [0.4, 0.5) is 0 Å². The molecule has 0 spiro atoms. The van der Waals surface area contributed by atoms with Crippen LogP contribution in [0.25, 0.3) is 0 Å². The third-order valence-corrected chi connectivity index (χ3v) is 4.24. The maximum absolute atomic E-state index is 5.59. The second-order valence-electron chi connectivity index (χ2n) is 6.99. The van der Waals surface area contributed by atoms with Gasteiger partial charge in [0.1, 0.15) is 0 Å². The van der Waals surface area contributed by atoms with E-state index in [9.17, 15) is 0 Å². The zero-order valence-electron chi connectivity index (χ0n) is 15.7. The summed E-state index contributed by atoms with van der Waals surface area (Å²) in [5, 5.41) is 6.85. The number of hydrogen-bond donors (Lipinski definition) is 2. The van der Waals surface area contributed by atoms with Crippen LogP contribution in [0.3, 0.4) is 0 Å². The second kappa shape index (κ2) is 12.6. The molecule has 0 aromatic heterocycles. The Labute approximate surface area is 143 Å². The summed E-state index contributed by atoms with van der Waals surface area (Å²) < 4.78 is 5.59. The van der Waals surface area contributed by atoms with Gasteiger partial charge in [0.25, 0.3) is 0 Å². The van der Waals surface area contributed by atoms with Crippen LogP contribution >= 0.6 is 0 Å². The first-order valence-corrected chi connectivity index (χ1v) is 9.40. The number of ether oxygens (including phenoxy) is 1. The van der Waals surface area contributed by atoms with Crippen molar-refractivity contribution in [3.8, 4) is 0 Å². The first-order valence-electron chi connectivity index (χ1n) is 9.40. The van der Waals surface area contributed by atoms with E-state index in [4.69, 9.17) is 4.74 Å². The van der Waals surface area contributed by atoms with Crippen molar-refractivity contribution in [3.05, 3.63) is 0 Å². The minimum Gasteiger partial charge on any atom is -0.381 e. The van der Waals surface area contributed by atoms with Crippen LogP contribution in [-0.4, -0.2) is 63.8 Å². The molecule has 0 amide bonds. The topological polar surface area (TPSA) is 48.9 Å². The minimum absolute atomic E-state index is 0.612. The number of aliphatic imine (C=N–C) groups is 1. The van der Waals surface area contributed by atoms with Crippen molar-refractivity contribution in [1.82, 2.24) is 15.5 Å². The Bertz CT molecular complexity index is 312. The van der Waals surface area contributed by atoms with Crippen LogP contribution in [0.15, 0.2) is 4.99 Å². The van der Waals surface area contributed by atoms with E-state index in [1.165, 1.54) is 38.9 Å². The van der Waals surface area contributed by atoms with E-state index in [1.807, 2.05) is 7.05 Å². The van der Waals surface area contributed by atoms with E-state index in [0.29, 0.717) is 5.92 Å². The molecule has 1 fully saturated rings. The Hall–Kier alpha value is -0.810. The summed E-state index contributed by atoms with van der Waals surface area (Å²) in [6.45, 7) is 14.0. The first-order chi connectivity index (χ1) is 11.2. The Morgan fingerprint density at radius 1 is 1.26 bits per heavy atom. The van der Waals surface area contributed by atoms with Gasteiger partial charge in [-0.1, -0.05) is 20.8 Å². The van der Waals surface area contributed by atoms with Gasteiger partial charge < -0.3 is 20.3 Å². The van der Waals surface area contributed by atoms with E-state index < -0.39 is 0 Å². The van der Waals surface area contributed by atoms with Crippen LogP contribution in [-0.2, 0) is 4.74 Å². The molecule has 136 valence electrons. The molecule has 23 heavy (non-hydrogen) atoms. The Morgan fingerprint density at radius 3 is 2.61 bits per heavy atom. The van der Waals surface area contributed by atoms with Crippen LogP contribution < -0.4 is 10.6 Å². The highest BCUT2D eigenvalue weighted by Crippen LogP contribution is 2.16. The molecule has 5 nitrogen and oxygen atoms in total. The molecule has 0 aromatic rings. The zero-order valence-corrected chi connectivity index (χ0v) is 15.7. The molecular formula is C18H38N4O.